The highest BCUT2D eigenvalue weighted by atomic mass is 19.1. The molecule has 0 heterocycles. The number of methoxy groups -OCH3 is 1. The number of benzene rings is 2. The van der Waals surface area contributed by atoms with E-state index in [1.165, 1.54) is 0 Å². The topological polar surface area (TPSA) is 21.3 Å². The molecule has 0 spiro atoms. The Morgan fingerprint density at radius 3 is 2.52 bits per heavy atom. The lowest BCUT2D eigenvalue weighted by Gasteiger charge is -2.13. The van der Waals surface area contributed by atoms with Gasteiger partial charge in [0.25, 0.3) is 0 Å². The third-order valence-electron chi connectivity index (χ3n) is 3.66. The molecule has 0 bridgehead atoms. The Bertz CT molecular complexity index is 637. The monoisotopic (exact) mass is 287 g/mol. The summed E-state index contributed by atoms with van der Waals surface area (Å²) >= 11 is 0. The minimum atomic E-state index is -0.164. The molecule has 0 saturated heterocycles. The first-order chi connectivity index (χ1) is 10.1. The molecule has 0 aliphatic carbocycles. The molecule has 0 fully saturated rings. The van der Waals surface area contributed by atoms with Crippen LogP contribution in [0.25, 0.3) is 11.1 Å². The summed E-state index contributed by atoms with van der Waals surface area (Å²) in [5.74, 6) is 0.717. The fourth-order valence-electron chi connectivity index (χ4n) is 2.46. The molecule has 21 heavy (non-hydrogen) atoms. The second-order valence-corrected chi connectivity index (χ2v) is 5.22. The quantitative estimate of drug-likeness (QED) is 0.888. The second-order valence-electron chi connectivity index (χ2n) is 5.22. The summed E-state index contributed by atoms with van der Waals surface area (Å²) in [6, 6.07) is 9.42. The first-order valence-corrected chi connectivity index (χ1v) is 7.21. The number of hydrogen-bond donors (Lipinski definition) is 1. The highest BCUT2D eigenvalue weighted by Crippen LogP contribution is 2.31. The summed E-state index contributed by atoms with van der Waals surface area (Å²) in [6.07, 6.45) is 0. The van der Waals surface area contributed by atoms with Crippen LogP contribution in [0.1, 0.15) is 23.6 Å². The van der Waals surface area contributed by atoms with Gasteiger partial charge in [-0.1, -0.05) is 13.0 Å². The molecule has 0 atom stereocenters. The minimum absolute atomic E-state index is 0.164. The Morgan fingerprint density at radius 1 is 1.10 bits per heavy atom. The Balaban J connectivity index is 2.44. The van der Waals surface area contributed by atoms with Gasteiger partial charge in [-0.25, -0.2) is 4.39 Å². The van der Waals surface area contributed by atoms with E-state index in [0.29, 0.717) is 12.1 Å². The molecular formula is C18H22FNO. The molecule has 0 aliphatic heterocycles. The zero-order chi connectivity index (χ0) is 15.4. The SMILES string of the molecule is CCNCc1cc(-c2cc(C)c(OC)cc2C)ccc1F. The van der Waals surface area contributed by atoms with Crippen molar-refractivity contribution in [1.29, 1.82) is 0 Å². The molecule has 0 saturated carbocycles. The smallest absolute Gasteiger partial charge is 0.127 e. The normalized spacial score (nSPS) is 10.7. The minimum Gasteiger partial charge on any atom is -0.496 e. The maximum atomic E-state index is 13.8. The summed E-state index contributed by atoms with van der Waals surface area (Å²) < 4.78 is 19.2. The van der Waals surface area contributed by atoms with Gasteiger partial charge < -0.3 is 10.1 Å². The third-order valence-corrected chi connectivity index (χ3v) is 3.66. The van der Waals surface area contributed by atoms with Crippen molar-refractivity contribution in [2.45, 2.75) is 27.3 Å². The van der Waals surface area contributed by atoms with Crippen molar-refractivity contribution < 1.29 is 9.13 Å². The number of nitrogens with one attached hydrogen (secondary N) is 1. The van der Waals surface area contributed by atoms with Gasteiger partial charge in [-0.2, -0.15) is 0 Å². The van der Waals surface area contributed by atoms with Gasteiger partial charge in [0.1, 0.15) is 11.6 Å². The Kier molecular flexibility index (Phi) is 4.97. The first-order valence-electron chi connectivity index (χ1n) is 7.21. The van der Waals surface area contributed by atoms with Gasteiger partial charge in [0, 0.05) is 12.1 Å². The van der Waals surface area contributed by atoms with E-state index in [2.05, 4.69) is 11.4 Å². The highest BCUT2D eigenvalue weighted by Gasteiger charge is 2.09. The van der Waals surface area contributed by atoms with Crippen LogP contribution in [-0.4, -0.2) is 13.7 Å². The summed E-state index contributed by atoms with van der Waals surface area (Å²) in [5, 5.41) is 3.17. The van der Waals surface area contributed by atoms with Crippen molar-refractivity contribution in [3.8, 4) is 16.9 Å². The zero-order valence-electron chi connectivity index (χ0n) is 13.1. The summed E-state index contributed by atoms with van der Waals surface area (Å²) in [6.45, 7) is 7.45. The van der Waals surface area contributed by atoms with Crippen molar-refractivity contribution in [3.63, 3.8) is 0 Å². The van der Waals surface area contributed by atoms with Gasteiger partial charge in [0.2, 0.25) is 0 Å². The van der Waals surface area contributed by atoms with Crippen LogP contribution in [0.2, 0.25) is 0 Å². The molecule has 0 amide bonds. The number of halogens is 1. The highest BCUT2D eigenvalue weighted by molar-refractivity contribution is 5.70. The van der Waals surface area contributed by atoms with Crippen LogP contribution >= 0.6 is 0 Å². The lowest BCUT2D eigenvalue weighted by atomic mass is 9.96. The number of ether oxygens (including phenoxy) is 1. The molecule has 0 aliphatic rings. The van der Waals surface area contributed by atoms with Gasteiger partial charge in [0.05, 0.1) is 7.11 Å². The summed E-state index contributed by atoms with van der Waals surface area (Å²) in [7, 11) is 1.67. The standard InChI is InChI=1S/C18H22FNO/c1-5-20-11-15-10-14(6-7-17(15)19)16-8-13(3)18(21-4)9-12(16)2/h6-10,20H,5,11H2,1-4H3. The number of rotatable bonds is 5. The first kappa shape index (κ1) is 15.5. The van der Waals surface area contributed by atoms with Crippen molar-refractivity contribution in [2.24, 2.45) is 0 Å². The molecule has 0 aromatic heterocycles. The van der Waals surface area contributed by atoms with E-state index in [4.69, 9.17) is 4.74 Å². The molecule has 3 heteroatoms. The summed E-state index contributed by atoms with van der Waals surface area (Å²) in [4.78, 5) is 0. The zero-order valence-corrected chi connectivity index (χ0v) is 13.1. The van der Waals surface area contributed by atoms with Crippen LogP contribution < -0.4 is 10.1 Å². The van der Waals surface area contributed by atoms with E-state index < -0.39 is 0 Å². The fraction of sp³-hybridized carbons (Fsp3) is 0.333. The molecule has 2 rings (SSSR count). The average molecular weight is 287 g/mol. The van der Waals surface area contributed by atoms with Gasteiger partial charge >= 0.3 is 0 Å². The Hall–Kier alpha value is -1.87. The maximum absolute atomic E-state index is 13.8. The van der Waals surface area contributed by atoms with Gasteiger partial charge in [-0.15, -0.1) is 0 Å². The van der Waals surface area contributed by atoms with Crippen LogP contribution in [0.4, 0.5) is 4.39 Å². The molecule has 2 aromatic rings. The molecule has 1 N–H and O–H groups in total. The van der Waals surface area contributed by atoms with E-state index in [-0.39, 0.29) is 5.82 Å². The lowest BCUT2D eigenvalue weighted by molar-refractivity contribution is 0.411. The van der Waals surface area contributed by atoms with Crippen LogP contribution in [0.15, 0.2) is 30.3 Å². The van der Waals surface area contributed by atoms with Crippen molar-refractivity contribution >= 4 is 0 Å². The molecule has 0 unspecified atom stereocenters. The lowest BCUT2D eigenvalue weighted by Crippen LogP contribution is -2.13. The molecule has 2 nitrogen and oxygen atoms in total. The van der Waals surface area contributed by atoms with E-state index in [9.17, 15) is 4.39 Å². The van der Waals surface area contributed by atoms with Gasteiger partial charge in [0.15, 0.2) is 0 Å². The van der Waals surface area contributed by atoms with Gasteiger partial charge in [-0.05, 0) is 66.9 Å². The number of hydrogen-bond acceptors (Lipinski definition) is 2. The van der Waals surface area contributed by atoms with Crippen LogP contribution in [0, 0.1) is 19.7 Å². The largest absolute Gasteiger partial charge is 0.496 e. The Labute approximate surface area is 126 Å². The molecule has 0 radical (unpaired) electrons. The third kappa shape index (κ3) is 3.42. The predicted molar refractivity (Wildman–Crippen MR) is 85.2 cm³/mol. The van der Waals surface area contributed by atoms with Crippen LogP contribution in [-0.2, 0) is 6.54 Å². The van der Waals surface area contributed by atoms with E-state index in [1.54, 1.807) is 13.2 Å². The van der Waals surface area contributed by atoms with E-state index in [0.717, 1.165) is 34.5 Å². The van der Waals surface area contributed by atoms with E-state index in [1.807, 2.05) is 39.0 Å². The number of aryl methyl sites for hydroxylation is 2. The van der Waals surface area contributed by atoms with Crippen LogP contribution in [0.5, 0.6) is 5.75 Å². The van der Waals surface area contributed by atoms with Crippen LogP contribution in [0.3, 0.4) is 0 Å². The van der Waals surface area contributed by atoms with Crippen molar-refractivity contribution in [3.05, 3.63) is 52.8 Å². The fourth-order valence-corrected chi connectivity index (χ4v) is 2.46. The Morgan fingerprint density at radius 2 is 1.86 bits per heavy atom. The predicted octanol–water partition coefficient (Wildman–Crippen LogP) is 4.23. The van der Waals surface area contributed by atoms with Gasteiger partial charge in [-0.3, -0.25) is 0 Å². The summed E-state index contributed by atoms with van der Waals surface area (Å²) in [5.41, 5.74) is 5.05. The van der Waals surface area contributed by atoms with Crippen molar-refractivity contribution in [1.82, 2.24) is 5.32 Å². The average Bonchev–Trinajstić information content (AvgIpc) is 2.48. The molecule has 112 valence electrons. The maximum Gasteiger partial charge on any atom is 0.127 e. The van der Waals surface area contributed by atoms with Crippen molar-refractivity contribution in [2.75, 3.05) is 13.7 Å². The second kappa shape index (κ2) is 6.72. The van der Waals surface area contributed by atoms with E-state index >= 15 is 0 Å². The molecule has 2 aromatic carbocycles. The molecular weight excluding hydrogens is 265 g/mol.